The van der Waals surface area contributed by atoms with E-state index in [2.05, 4.69) is 20.6 Å². The topological polar surface area (TPSA) is 189 Å². The number of carbonyl (C=O) groups is 5. The van der Waals surface area contributed by atoms with Gasteiger partial charge in [-0.1, -0.05) is 91.0 Å². The highest BCUT2D eigenvalue weighted by atomic mass is 16.6. The van der Waals surface area contributed by atoms with Gasteiger partial charge in [-0.05, 0) is 16.7 Å². The fraction of sp³-hybridized carbons (Fsp3) is 0.297. The minimum absolute atomic E-state index is 0.0347. The number of primary amides is 1. The van der Waals surface area contributed by atoms with Crippen LogP contribution in [0.2, 0.25) is 0 Å². The summed E-state index contributed by atoms with van der Waals surface area (Å²) in [6.45, 7) is 0.910. The van der Waals surface area contributed by atoms with E-state index in [-0.39, 0.29) is 52.0 Å². The first-order chi connectivity index (χ1) is 24.7. The van der Waals surface area contributed by atoms with Gasteiger partial charge in [-0.3, -0.25) is 14.4 Å². The molecule has 0 aliphatic carbocycles. The maximum absolute atomic E-state index is 13.9. The smallest absolute Gasteiger partial charge is 0.410 e. The molecule has 1 aliphatic heterocycles. The monoisotopic (exact) mass is 695 g/mol. The Kier molecular flexibility index (Phi) is 12.7. The Morgan fingerprint density at radius 1 is 0.686 bits per heavy atom. The first-order valence-corrected chi connectivity index (χ1v) is 16.6. The second kappa shape index (κ2) is 18.0. The molecule has 14 nitrogen and oxygen atoms in total. The number of ether oxygens (including phenoxy) is 2. The van der Waals surface area contributed by atoms with Gasteiger partial charge >= 0.3 is 12.2 Å². The molecule has 1 aromatic heterocycles. The van der Waals surface area contributed by atoms with Crippen LogP contribution in [0.15, 0.2) is 104 Å². The summed E-state index contributed by atoms with van der Waals surface area (Å²) >= 11 is 0. The molecule has 5 N–H and O–H groups in total. The van der Waals surface area contributed by atoms with Gasteiger partial charge < -0.3 is 40.6 Å². The predicted molar refractivity (Wildman–Crippen MR) is 186 cm³/mol. The molecule has 3 aromatic carbocycles. The van der Waals surface area contributed by atoms with Gasteiger partial charge in [0.05, 0.1) is 12.0 Å². The van der Waals surface area contributed by atoms with Gasteiger partial charge in [0.25, 0.3) is 5.91 Å². The molecule has 1 saturated heterocycles. The number of hydrogen-bond donors (Lipinski definition) is 4. The SMILES string of the molecule is NC(=O)C(Cc1c[nH]cn1)NC(=O)C(Cc1ccccc1)NC(=O)C(Cc1ccccc1)OC(=O)N1CCN(C(=O)OCc2ccccc2)CC1. The molecule has 0 radical (unpaired) electrons. The Bertz CT molecular complexity index is 1730. The van der Waals surface area contributed by atoms with Crippen LogP contribution < -0.4 is 16.4 Å². The van der Waals surface area contributed by atoms with Crippen LogP contribution in [-0.2, 0) is 49.7 Å². The summed E-state index contributed by atoms with van der Waals surface area (Å²) in [5, 5.41) is 5.41. The molecular formula is C37H41N7O7. The van der Waals surface area contributed by atoms with Crippen molar-refractivity contribution in [1.82, 2.24) is 30.4 Å². The fourth-order valence-electron chi connectivity index (χ4n) is 5.52. The summed E-state index contributed by atoms with van der Waals surface area (Å²) in [4.78, 5) is 75.8. The van der Waals surface area contributed by atoms with E-state index in [1.54, 1.807) is 54.7 Å². The van der Waals surface area contributed by atoms with E-state index in [9.17, 15) is 24.0 Å². The number of rotatable bonds is 14. The van der Waals surface area contributed by atoms with Crippen LogP contribution in [0.25, 0.3) is 0 Å². The van der Waals surface area contributed by atoms with E-state index in [1.807, 2.05) is 42.5 Å². The van der Waals surface area contributed by atoms with Gasteiger partial charge in [-0.15, -0.1) is 0 Å². The normalized spacial score (nSPS) is 14.4. The van der Waals surface area contributed by atoms with Crippen LogP contribution in [0.5, 0.6) is 0 Å². The van der Waals surface area contributed by atoms with E-state index in [4.69, 9.17) is 15.2 Å². The highest BCUT2D eigenvalue weighted by Gasteiger charge is 2.33. The van der Waals surface area contributed by atoms with Crippen LogP contribution in [0.1, 0.15) is 22.4 Å². The van der Waals surface area contributed by atoms with Gasteiger partial charge in [0, 0.05) is 51.6 Å². The molecule has 2 heterocycles. The maximum atomic E-state index is 13.9. The number of H-pyrrole nitrogens is 1. The summed E-state index contributed by atoms with van der Waals surface area (Å²) < 4.78 is 11.2. The van der Waals surface area contributed by atoms with E-state index in [0.717, 1.165) is 16.7 Å². The summed E-state index contributed by atoms with van der Waals surface area (Å²) in [7, 11) is 0. The van der Waals surface area contributed by atoms with Crippen molar-refractivity contribution < 1.29 is 33.4 Å². The van der Waals surface area contributed by atoms with Gasteiger partial charge in [-0.25, -0.2) is 14.6 Å². The van der Waals surface area contributed by atoms with Crippen molar-refractivity contribution in [3.63, 3.8) is 0 Å². The minimum atomic E-state index is -1.31. The summed E-state index contributed by atoms with van der Waals surface area (Å²) in [6, 6.07) is 25.2. The molecule has 5 amide bonds. The van der Waals surface area contributed by atoms with Crippen molar-refractivity contribution in [1.29, 1.82) is 0 Å². The van der Waals surface area contributed by atoms with Crippen LogP contribution in [0.3, 0.4) is 0 Å². The Morgan fingerprint density at radius 2 is 1.22 bits per heavy atom. The van der Waals surface area contributed by atoms with Gasteiger partial charge in [-0.2, -0.15) is 0 Å². The lowest BCUT2D eigenvalue weighted by atomic mass is 10.0. The average Bonchev–Trinajstić information content (AvgIpc) is 3.67. The number of nitrogens with zero attached hydrogens (tertiary/aromatic N) is 3. The van der Waals surface area contributed by atoms with Crippen molar-refractivity contribution in [2.45, 2.75) is 44.1 Å². The lowest BCUT2D eigenvalue weighted by Crippen LogP contribution is -2.56. The Balaban J connectivity index is 1.25. The second-order valence-corrected chi connectivity index (χ2v) is 12.1. The van der Waals surface area contributed by atoms with Gasteiger partial charge in [0.2, 0.25) is 11.8 Å². The zero-order valence-corrected chi connectivity index (χ0v) is 28.0. The van der Waals surface area contributed by atoms with Crippen molar-refractivity contribution in [2.75, 3.05) is 26.2 Å². The summed E-state index contributed by atoms with van der Waals surface area (Å²) in [5.41, 5.74) is 8.47. The molecule has 0 saturated carbocycles. The average molecular weight is 696 g/mol. The van der Waals surface area contributed by atoms with Gasteiger partial charge in [0.15, 0.2) is 6.10 Å². The quantitative estimate of drug-likeness (QED) is 0.155. The molecule has 266 valence electrons. The largest absolute Gasteiger partial charge is 0.445 e. The Hall–Kier alpha value is -6.18. The molecule has 1 aliphatic rings. The zero-order valence-electron chi connectivity index (χ0n) is 28.0. The van der Waals surface area contributed by atoms with Crippen molar-refractivity contribution in [3.8, 4) is 0 Å². The number of benzene rings is 3. The number of aromatic nitrogens is 2. The van der Waals surface area contributed by atoms with E-state index in [1.165, 1.54) is 16.1 Å². The fourth-order valence-corrected chi connectivity index (χ4v) is 5.52. The van der Waals surface area contributed by atoms with Crippen LogP contribution >= 0.6 is 0 Å². The number of amides is 5. The Morgan fingerprint density at radius 3 is 1.76 bits per heavy atom. The third-order valence-electron chi connectivity index (χ3n) is 8.34. The lowest BCUT2D eigenvalue weighted by molar-refractivity contribution is -0.135. The molecular weight excluding hydrogens is 654 g/mol. The first kappa shape index (κ1) is 36.1. The van der Waals surface area contributed by atoms with Crippen molar-refractivity contribution in [2.24, 2.45) is 5.73 Å². The van der Waals surface area contributed by atoms with Crippen LogP contribution in [0, 0.1) is 0 Å². The Labute approximate surface area is 295 Å². The standard InChI is InChI=1S/C37H41N7O7/c38-33(45)30(22-29-23-39-25-40-29)41-34(46)31(20-26-10-4-1-5-11-26)42-35(47)32(21-27-12-6-2-7-13-27)51-37(49)44-18-16-43(17-19-44)36(48)50-24-28-14-8-3-9-15-28/h1-15,23,25,30-32H,16-22,24H2,(H2,38,45)(H,39,40)(H,41,46)(H,42,47). The third-order valence-corrected chi connectivity index (χ3v) is 8.34. The summed E-state index contributed by atoms with van der Waals surface area (Å²) in [5.74, 6) is -2.11. The molecule has 14 heteroatoms. The maximum Gasteiger partial charge on any atom is 0.410 e. The second-order valence-electron chi connectivity index (χ2n) is 12.1. The molecule has 1 fully saturated rings. The van der Waals surface area contributed by atoms with E-state index < -0.39 is 48.1 Å². The number of aromatic amines is 1. The number of imidazole rings is 1. The van der Waals surface area contributed by atoms with Crippen LogP contribution in [0.4, 0.5) is 9.59 Å². The predicted octanol–water partition coefficient (Wildman–Crippen LogP) is 2.35. The van der Waals surface area contributed by atoms with Crippen molar-refractivity contribution in [3.05, 3.63) is 126 Å². The molecule has 0 spiro atoms. The van der Waals surface area contributed by atoms with E-state index >= 15 is 0 Å². The first-order valence-electron chi connectivity index (χ1n) is 16.6. The zero-order chi connectivity index (χ0) is 36.0. The third kappa shape index (κ3) is 10.9. The summed E-state index contributed by atoms with van der Waals surface area (Å²) in [6.07, 6.45) is 0.667. The van der Waals surface area contributed by atoms with E-state index in [0.29, 0.717) is 5.69 Å². The molecule has 0 bridgehead atoms. The highest BCUT2D eigenvalue weighted by Crippen LogP contribution is 2.14. The molecule has 3 atom stereocenters. The number of nitrogens with two attached hydrogens (primary N) is 1. The molecule has 3 unspecified atom stereocenters. The number of nitrogens with one attached hydrogen (secondary N) is 3. The molecule has 51 heavy (non-hydrogen) atoms. The van der Waals surface area contributed by atoms with Gasteiger partial charge in [0.1, 0.15) is 18.7 Å². The van der Waals surface area contributed by atoms with Crippen LogP contribution in [-0.4, -0.2) is 94.0 Å². The minimum Gasteiger partial charge on any atom is -0.445 e. The number of hydrogen-bond acceptors (Lipinski definition) is 8. The van der Waals surface area contributed by atoms with Crippen molar-refractivity contribution >= 4 is 29.9 Å². The highest BCUT2D eigenvalue weighted by molar-refractivity contribution is 5.93. The lowest BCUT2D eigenvalue weighted by Gasteiger charge is -2.34. The number of carbonyl (C=O) groups excluding carboxylic acids is 5. The molecule has 4 aromatic rings. The number of piperazine rings is 1. The molecule has 5 rings (SSSR count).